The van der Waals surface area contributed by atoms with Crippen molar-refractivity contribution in [3.8, 4) is 0 Å². The highest BCUT2D eigenvalue weighted by molar-refractivity contribution is 6.01. The van der Waals surface area contributed by atoms with Gasteiger partial charge in [0.1, 0.15) is 6.17 Å². The Morgan fingerprint density at radius 1 is 1.50 bits per heavy atom. The predicted molar refractivity (Wildman–Crippen MR) is 60.4 cm³/mol. The number of amides is 1. The maximum Gasteiger partial charge on any atom is 0.257 e. The average Bonchev–Trinajstić information content (AvgIpc) is 2.31. The molecule has 4 heteroatoms. The van der Waals surface area contributed by atoms with E-state index in [0.29, 0.717) is 19.8 Å². The summed E-state index contributed by atoms with van der Waals surface area (Å²) in [4.78, 5) is 14.1. The second-order valence-corrected chi connectivity index (χ2v) is 4.28. The summed E-state index contributed by atoms with van der Waals surface area (Å²) >= 11 is 0. The van der Waals surface area contributed by atoms with Gasteiger partial charge in [-0.3, -0.25) is 4.79 Å². The molecule has 4 nitrogen and oxygen atoms in total. The van der Waals surface area contributed by atoms with Crippen molar-refractivity contribution >= 4 is 11.6 Å². The van der Waals surface area contributed by atoms with Crippen molar-refractivity contribution in [2.75, 3.05) is 25.1 Å². The lowest BCUT2D eigenvalue weighted by molar-refractivity contribution is 0.00406. The highest BCUT2D eigenvalue weighted by atomic mass is 16.5. The number of fused-ring (bicyclic) bond motifs is 2. The zero-order chi connectivity index (χ0) is 11.1. The van der Waals surface area contributed by atoms with Crippen LogP contribution < -0.4 is 5.32 Å². The van der Waals surface area contributed by atoms with Gasteiger partial charge >= 0.3 is 0 Å². The minimum atomic E-state index is -0.00328. The number of anilines is 1. The third kappa shape index (κ3) is 1.38. The molecule has 16 heavy (non-hydrogen) atoms. The molecule has 1 atom stereocenters. The van der Waals surface area contributed by atoms with Gasteiger partial charge in [0, 0.05) is 12.2 Å². The predicted octanol–water partition coefficient (Wildman–Crippen LogP) is 1.22. The number of morpholine rings is 1. The van der Waals surface area contributed by atoms with E-state index in [1.54, 1.807) is 0 Å². The van der Waals surface area contributed by atoms with Crippen LogP contribution in [0.15, 0.2) is 18.2 Å². The molecular weight excluding hydrogens is 204 g/mol. The van der Waals surface area contributed by atoms with E-state index in [0.717, 1.165) is 16.8 Å². The Balaban J connectivity index is 2.03. The van der Waals surface area contributed by atoms with Crippen molar-refractivity contribution < 1.29 is 9.53 Å². The minimum Gasteiger partial charge on any atom is -0.376 e. The molecule has 0 aliphatic carbocycles. The SMILES string of the molecule is Cc1ccc2c(c1)C(=O)N1CCOCC1N2. The van der Waals surface area contributed by atoms with Crippen LogP contribution >= 0.6 is 0 Å². The Morgan fingerprint density at radius 2 is 2.38 bits per heavy atom. The van der Waals surface area contributed by atoms with Crippen molar-refractivity contribution in [2.24, 2.45) is 0 Å². The summed E-state index contributed by atoms with van der Waals surface area (Å²) in [5.41, 5.74) is 2.81. The molecule has 2 aliphatic heterocycles. The fourth-order valence-corrected chi connectivity index (χ4v) is 2.26. The van der Waals surface area contributed by atoms with Gasteiger partial charge in [-0.1, -0.05) is 11.6 Å². The van der Waals surface area contributed by atoms with E-state index >= 15 is 0 Å². The number of hydrogen-bond acceptors (Lipinski definition) is 3. The number of carbonyl (C=O) groups is 1. The molecule has 1 unspecified atom stereocenters. The highest BCUT2D eigenvalue weighted by Crippen LogP contribution is 2.27. The number of nitrogens with one attached hydrogen (secondary N) is 1. The number of benzene rings is 1. The summed E-state index contributed by atoms with van der Waals surface area (Å²) in [6.07, 6.45) is -0.00328. The number of carbonyl (C=O) groups excluding carboxylic acids is 1. The van der Waals surface area contributed by atoms with Crippen LogP contribution in [0.3, 0.4) is 0 Å². The molecule has 1 aromatic carbocycles. The molecule has 1 saturated heterocycles. The lowest BCUT2D eigenvalue weighted by atomic mass is 10.0. The van der Waals surface area contributed by atoms with Crippen LogP contribution in [-0.2, 0) is 4.74 Å². The van der Waals surface area contributed by atoms with E-state index in [1.165, 1.54) is 0 Å². The second-order valence-electron chi connectivity index (χ2n) is 4.28. The Labute approximate surface area is 94.2 Å². The number of ether oxygens (including phenoxy) is 1. The van der Waals surface area contributed by atoms with Crippen LogP contribution in [0.2, 0.25) is 0 Å². The molecule has 3 rings (SSSR count). The Hall–Kier alpha value is -1.55. The van der Waals surface area contributed by atoms with Crippen molar-refractivity contribution in [2.45, 2.75) is 13.1 Å². The summed E-state index contributed by atoms with van der Waals surface area (Å²) < 4.78 is 5.37. The Bertz CT molecular complexity index is 445. The van der Waals surface area contributed by atoms with Crippen LogP contribution in [0, 0.1) is 6.92 Å². The molecular formula is C12H14N2O2. The fourth-order valence-electron chi connectivity index (χ4n) is 2.26. The molecule has 0 bridgehead atoms. The van der Waals surface area contributed by atoms with Gasteiger partial charge < -0.3 is 15.0 Å². The first kappa shape index (κ1) is 9.66. The number of rotatable bonds is 0. The van der Waals surface area contributed by atoms with E-state index in [2.05, 4.69) is 5.32 Å². The smallest absolute Gasteiger partial charge is 0.257 e. The molecule has 84 valence electrons. The van der Waals surface area contributed by atoms with E-state index in [-0.39, 0.29) is 12.1 Å². The van der Waals surface area contributed by atoms with Crippen LogP contribution in [0.4, 0.5) is 5.69 Å². The first-order valence-electron chi connectivity index (χ1n) is 5.51. The average molecular weight is 218 g/mol. The van der Waals surface area contributed by atoms with Gasteiger partial charge in [-0.05, 0) is 19.1 Å². The largest absolute Gasteiger partial charge is 0.376 e. The lowest BCUT2D eigenvalue weighted by Gasteiger charge is -2.40. The summed E-state index contributed by atoms with van der Waals surface area (Å²) in [6.45, 7) is 3.87. The van der Waals surface area contributed by atoms with Gasteiger partial charge in [-0.2, -0.15) is 0 Å². The summed E-state index contributed by atoms with van der Waals surface area (Å²) in [6, 6.07) is 5.92. The first-order valence-corrected chi connectivity index (χ1v) is 5.51. The minimum absolute atomic E-state index is 0.00328. The van der Waals surface area contributed by atoms with Gasteiger partial charge in [-0.15, -0.1) is 0 Å². The zero-order valence-corrected chi connectivity index (χ0v) is 9.19. The third-order valence-electron chi connectivity index (χ3n) is 3.12. The third-order valence-corrected chi connectivity index (χ3v) is 3.12. The molecule has 0 saturated carbocycles. The first-order chi connectivity index (χ1) is 7.75. The van der Waals surface area contributed by atoms with Gasteiger partial charge in [0.05, 0.1) is 18.8 Å². The van der Waals surface area contributed by atoms with Crippen LogP contribution in [0.5, 0.6) is 0 Å². The molecule has 2 heterocycles. The second kappa shape index (κ2) is 3.49. The molecule has 1 amide bonds. The van der Waals surface area contributed by atoms with E-state index in [9.17, 15) is 4.79 Å². The maximum atomic E-state index is 12.2. The lowest BCUT2D eigenvalue weighted by Crippen LogP contribution is -2.55. The van der Waals surface area contributed by atoms with Gasteiger partial charge in [0.15, 0.2) is 0 Å². The van der Waals surface area contributed by atoms with Crippen molar-refractivity contribution in [3.05, 3.63) is 29.3 Å². The van der Waals surface area contributed by atoms with Crippen molar-refractivity contribution in [1.82, 2.24) is 4.90 Å². The van der Waals surface area contributed by atoms with Crippen LogP contribution in [0.25, 0.3) is 0 Å². The van der Waals surface area contributed by atoms with Gasteiger partial charge in [0.2, 0.25) is 0 Å². The molecule has 0 aromatic heterocycles. The summed E-state index contributed by atoms with van der Waals surface area (Å²) in [5, 5.41) is 3.34. The highest BCUT2D eigenvalue weighted by Gasteiger charge is 2.33. The zero-order valence-electron chi connectivity index (χ0n) is 9.19. The molecule has 1 N–H and O–H groups in total. The van der Waals surface area contributed by atoms with Gasteiger partial charge in [0.25, 0.3) is 5.91 Å². The van der Waals surface area contributed by atoms with Crippen molar-refractivity contribution in [3.63, 3.8) is 0 Å². The molecule has 1 fully saturated rings. The maximum absolute atomic E-state index is 12.2. The molecule has 0 spiro atoms. The Kier molecular flexibility index (Phi) is 2.11. The van der Waals surface area contributed by atoms with Crippen LogP contribution in [-0.4, -0.2) is 36.7 Å². The quantitative estimate of drug-likeness (QED) is 0.712. The van der Waals surface area contributed by atoms with Crippen LogP contribution in [0.1, 0.15) is 15.9 Å². The topological polar surface area (TPSA) is 41.6 Å². The number of hydrogen-bond donors (Lipinski definition) is 1. The number of nitrogens with zero attached hydrogens (tertiary/aromatic N) is 1. The normalized spacial score (nSPS) is 23.4. The monoisotopic (exact) mass is 218 g/mol. The summed E-state index contributed by atoms with van der Waals surface area (Å²) in [7, 11) is 0. The van der Waals surface area contributed by atoms with Crippen molar-refractivity contribution in [1.29, 1.82) is 0 Å². The fraction of sp³-hybridized carbons (Fsp3) is 0.417. The number of aryl methyl sites for hydroxylation is 1. The molecule has 1 aromatic rings. The molecule has 0 radical (unpaired) electrons. The molecule has 2 aliphatic rings. The van der Waals surface area contributed by atoms with Gasteiger partial charge in [-0.25, -0.2) is 0 Å². The Morgan fingerprint density at radius 3 is 3.25 bits per heavy atom. The van der Waals surface area contributed by atoms with E-state index in [1.807, 2.05) is 30.0 Å². The standard InChI is InChI=1S/C12H14N2O2/c1-8-2-3-10-9(6-8)12(15)14-4-5-16-7-11(14)13-10/h2-3,6,11,13H,4-5,7H2,1H3. The summed E-state index contributed by atoms with van der Waals surface area (Å²) in [5.74, 6) is 0.116. The van der Waals surface area contributed by atoms with E-state index in [4.69, 9.17) is 4.74 Å². The van der Waals surface area contributed by atoms with E-state index < -0.39 is 0 Å².